The molecular weight excluding hydrogens is 791 g/mol. The molecule has 2 aliphatic rings. The fourth-order valence-electron chi connectivity index (χ4n) is 9.98. The van der Waals surface area contributed by atoms with Crippen molar-refractivity contribution in [1.82, 2.24) is 15.0 Å². The molecule has 292 valence electrons. The van der Waals surface area contributed by atoms with Crippen LogP contribution >= 0.6 is 22.7 Å². The summed E-state index contributed by atoms with van der Waals surface area (Å²) in [5.74, 6) is 2.06. The summed E-state index contributed by atoms with van der Waals surface area (Å²) < 4.78 is 5.10. The number of fused-ring (bicyclic) bond motifs is 12. The number of aryl methyl sites for hydroxylation is 1. The highest BCUT2D eigenvalue weighted by atomic mass is 32.1. The maximum absolute atomic E-state index is 5.32. The lowest BCUT2D eigenvalue weighted by molar-refractivity contribution is 1.00. The second-order valence-corrected chi connectivity index (χ2v) is 18.6. The number of hydrogen-bond donors (Lipinski definition) is 0. The van der Waals surface area contributed by atoms with E-state index in [4.69, 9.17) is 15.0 Å². The summed E-state index contributed by atoms with van der Waals surface area (Å²) in [6, 6.07) is 55.5. The molecule has 3 nitrogen and oxygen atoms in total. The molecule has 0 aliphatic heterocycles. The first-order valence-corrected chi connectivity index (χ1v) is 23.1. The lowest BCUT2D eigenvalue weighted by Gasteiger charge is -2.19. The first-order chi connectivity index (χ1) is 30.7. The first-order valence-electron chi connectivity index (χ1n) is 21.4. The molecule has 3 aromatic heterocycles. The number of rotatable bonds is 5. The largest absolute Gasteiger partial charge is 0.208 e. The number of allylic oxidation sites excluding steroid dienone is 5. The maximum atomic E-state index is 5.32. The summed E-state index contributed by atoms with van der Waals surface area (Å²) in [4.78, 5) is 15.7. The van der Waals surface area contributed by atoms with Gasteiger partial charge in [0, 0.05) is 57.0 Å². The van der Waals surface area contributed by atoms with Gasteiger partial charge in [-0.15, -0.1) is 22.7 Å². The first kappa shape index (κ1) is 35.7. The van der Waals surface area contributed by atoms with E-state index >= 15 is 0 Å². The topological polar surface area (TPSA) is 38.7 Å². The number of thiophene rings is 2. The summed E-state index contributed by atoms with van der Waals surface area (Å²) in [6.07, 6.45) is 13.2. The number of aromatic nitrogens is 3. The van der Waals surface area contributed by atoms with Crippen molar-refractivity contribution in [3.63, 3.8) is 0 Å². The van der Waals surface area contributed by atoms with E-state index in [1.54, 1.807) is 0 Å². The summed E-state index contributed by atoms with van der Waals surface area (Å²) in [5.41, 5.74) is 10.9. The normalized spacial score (nSPS) is 14.0. The van der Waals surface area contributed by atoms with E-state index in [9.17, 15) is 0 Å². The Hall–Kier alpha value is -7.05. The Balaban J connectivity index is 0.983. The van der Waals surface area contributed by atoms with Crippen molar-refractivity contribution in [2.75, 3.05) is 0 Å². The van der Waals surface area contributed by atoms with Crippen molar-refractivity contribution < 1.29 is 0 Å². The van der Waals surface area contributed by atoms with Crippen LogP contribution in [0.25, 0.3) is 113 Å². The van der Waals surface area contributed by atoms with E-state index in [1.807, 2.05) is 40.9 Å². The molecule has 0 bridgehead atoms. The molecule has 0 saturated heterocycles. The Labute approximate surface area is 366 Å². The van der Waals surface area contributed by atoms with Gasteiger partial charge in [0.25, 0.3) is 0 Å². The summed E-state index contributed by atoms with van der Waals surface area (Å²) >= 11 is 3.69. The molecule has 0 saturated carbocycles. The highest BCUT2D eigenvalue weighted by Gasteiger charge is 2.22. The molecule has 0 amide bonds. The molecule has 5 heteroatoms. The van der Waals surface area contributed by atoms with Gasteiger partial charge < -0.3 is 0 Å². The Morgan fingerprint density at radius 3 is 1.92 bits per heavy atom. The van der Waals surface area contributed by atoms with Crippen LogP contribution in [-0.2, 0) is 6.42 Å². The van der Waals surface area contributed by atoms with Crippen molar-refractivity contribution in [3.8, 4) is 33.9 Å². The third-order valence-corrected chi connectivity index (χ3v) is 15.2. The highest BCUT2D eigenvalue weighted by Crippen LogP contribution is 2.45. The SMILES string of the molecule is C1=CC(c2nc(-c3ccccc3)nc(-c3ccc4c(c3)sc3ccccc34)n2)=C(c2cccc3sc4ccc(-c5ccc6c(c5)c5c(c7ccccc76)CCC=C5)cc4c23)CC1. The van der Waals surface area contributed by atoms with Gasteiger partial charge in [0.15, 0.2) is 17.5 Å². The zero-order valence-electron chi connectivity index (χ0n) is 33.7. The molecule has 13 rings (SSSR count). The fourth-order valence-corrected chi connectivity index (χ4v) is 12.2. The standard InChI is InChI=1S/C57H37N3S2/c1-2-13-34(14-3-1)55-58-56(37-26-29-45-44-20-10-11-23-50(44)62-53(45)33-37)60-57(59-55)47-21-9-8-19-42(47)46-22-12-24-52-54(46)49-32-36(27-30-51(49)61-52)35-25-28-43-40-17-5-4-15-38(40)39-16-6-7-18-41(39)48(43)31-35/h1-5,7,9-15,17-18,20-33H,6,8,16,19H2. The van der Waals surface area contributed by atoms with Crippen molar-refractivity contribution in [1.29, 1.82) is 0 Å². The second-order valence-electron chi connectivity index (χ2n) is 16.4. The molecule has 3 heterocycles. The van der Waals surface area contributed by atoms with Gasteiger partial charge in [-0.1, -0.05) is 140 Å². The molecule has 2 aliphatic carbocycles. The summed E-state index contributed by atoms with van der Waals surface area (Å²) in [6.45, 7) is 0. The monoisotopic (exact) mass is 827 g/mol. The Morgan fingerprint density at radius 2 is 1.02 bits per heavy atom. The highest BCUT2D eigenvalue weighted by molar-refractivity contribution is 7.26. The van der Waals surface area contributed by atoms with E-state index in [0.29, 0.717) is 17.5 Å². The fraction of sp³-hybridized carbons (Fsp3) is 0.0702. The van der Waals surface area contributed by atoms with E-state index < -0.39 is 0 Å². The zero-order valence-corrected chi connectivity index (χ0v) is 35.4. The van der Waals surface area contributed by atoms with Gasteiger partial charge in [0.2, 0.25) is 0 Å². The van der Waals surface area contributed by atoms with Crippen LogP contribution in [0.15, 0.2) is 170 Å². The average molecular weight is 828 g/mol. The van der Waals surface area contributed by atoms with Crippen LogP contribution < -0.4 is 0 Å². The van der Waals surface area contributed by atoms with Gasteiger partial charge in [-0.2, -0.15) is 0 Å². The number of nitrogens with zero attached hydrogens (tertiary/aromatic N) is 3. The van der Waals surface area contributed by atoms with Crippen LogP contribution in [0.5, 0.6) is 0 Å². The molecule has 62 heavy (non-hydrogen) atoms. The molecule has 11 aromatic rings. The minimum atomic E-state index is 0.678. The molecule has 0 atom stereocenters. The smallest absolute Gasteiger partial charge is 0.164 e. The summed E-state index contributed by atoms with van der Waals surface area (Å²) in [7, 11) is 0. The minimum absolute atomic E-state index is 0.678. The van der Waals surface area contributed by atoms with Gasteiger partial charge in [-0.05, 0) is 117 Å². The van der Waals surface area contributed by atoms with Crippen LogP contribution in [0.3, 0.4) is 0 Å². The van der Waals surface area contributed by atoms with Crippen LogP contribution in [0.2, 0.25) is 0 Å². The van der Waals surface area contributed by atoms with E-state index in [1.165, 1.54) is 95.3 Å². The summed E-state index contributed by atoms with van der Waals surface area (Å²) in [5, 5.41) is 10.5. The molecule has 0 radical (unpaired) electrons. The molecule has 0 unspecified atom stereocenters. The zero-order chi connectivity index (χ0) is 40.7. The third-order valence-electron chi connectivity index (χ3n) is 12.9. The molecule has 0 spiro atoms. The lowest BCUT2D eigenvalue weighted by Crippen LogP contribution is -2.05. The Bertz CT molecular complexity index is 3750. The van der Waals surface area contributed by atoms with Crippen molar-refractivity contribution in [3.05, 3.63) is 192 Å². The third kappa shape index (κ3) is 5.73. The van der Waals surface area contributed by atoms with Crippen LogP contribution in [0, 0.1) is 0 Å². The molecule has 0 fully saturated rings. The van der Waals surface area contributed by atoms with E-state index in [2.05, 4.69) is 158 Å². The van der Waals surface area contributed by atoms with Gasteiger partial charge >= 0.3 is 0 Å². The number of hydrogen-bond acceptors (Lipinski definition) is 5. The minimum Gasteiger partial charge on any atom is -0.208 e. The molecule has 0 N–H and O–H groups in total. The Morgan fingerprint density at radius 1 is 0.387 bits per heavy atom. The van der Waals surface area contributed by atoms with Gasteiger partial charge in [-0.25, -0.2) is 15.0 Å². The van der Waals surface area contributed by atoms with E-state index in [0.717, 1.165) is 42.4 Å². The van der Waals surface area contributed by atoms with Crippen LogP contribution in [0.4, 0.5) is 0 Å². The van der Waals surface area contributed by atoms with Crippen LogP contribution in [-0.4, -0.2) is 15.0 Å². The molecular formula is C57H37N3S2. The van der Waals surface area contributed by atoms with Crippen molar-refractivity contribution in [2.24, 2.45) is 0 Å². The second kappa shape index (κ2) is 14.3. The van der Waals surface area contributed by atoms with Crippen molar-refractivity contribution >= 4 is 102 Å². The van der Waals surface area contributed by atoms with Crippen molar-refractivity contribution in [2.45, 2.75) is 25.7 Å². The van der Waals surface area contributed by atoms with Gasteiger partial charge in [-0.3, -0.25) is 0 Å². The van der Waals surface area contributed by atoms with E-state index in [-0.39, 0.29) is 0 Å². The lowest BCUT2D eigenvalue weighted by atomic mass is 9.85. The van der Waals surface area contributed by atoms with Gasteiger partial charge in [0.05, 0.1) is 0 Å². The predicted octanol–water partition coefficient (Wildman–Crippen LogP) is 16.1. The quantitative estimate of drug-likeness (QED) is 0.162. The molecule has 8 aromatic carbocycles. The number of benzene rings is 8. The maximum Gasteiger partial charge on any atom is 0.164 e. The Kier molecular flexibility index (Phi) is 8.21. The average Bonchev–Trinajstić information content (AvgIpc) is 3.92. The van der Waals surface area contributed by atoms with Crippen LogP contribution in [0.1, 0.15) is 41.8 Å². The predicted molar refractivity (Wildman–Crippen MR) is 266 cm³/mol. The van der Waals surface area contributed by atoms with Gasteiger partial charge in [0.1, 0.15) is 0 Å².